The van der Waals surface area contributed by atoms with Crippen LogP contribution in [0.25, 0.3) is 0 Å². The number of carbonyl (C=O) groups is 1. The van der Waals surface area contributed by atoms with E-state index in [1.165, 1.54) is 0 Å². The van der Waals surface area contributed by atoms with Crippen molar-refractivity contribution in [1.82, 2.24) is 10.2 Å². The summed E-state index contributed by atoms with van der Waals surface area (Å²) in [5, 5.41) is 13.9. The molecule has 1 heterocycles. The number of anilines is 3. The number of amides is 1. The summed E-state index contributed by atoms with van der Waals surface area (Å²) in [4.78, 5) is 12.1. The molecule has 1 amide bonds. The Bertz CT molecular complexity index is 867. The number of aromatic nitrogens is 2. The third-order valence-electron chi connectivity index (χ3n) is 3.35. The molecule has 0 bridgehead atoms. The molecule has 0 saturated carbocycles. The van der Waals surface area contributed by atoms with Gasteiger partial charge in [0.2, 0.25) is 0 Å². The Balaban J connectivity index is 1.65. The monoisotopic (exact) mass is 398 g/mol. The molecule has 2 aromatic carbocycles. The molecule has 2 N–H and O–H groups in total. The number of benzene rings is 2. The molecule has 3 aromatic rings. The van der Waals surface area contributed by atoms with Crippen LogP contribution in [0.2, 0.25) is 0 Å². The van der Waals surface area contributed by atoms with Crippen LogP contribution in [0.1, 0.15) is 10.4 Å². The maximum Gasteiger partial charge on any atom is 0.256 e. The van der Waals surface area contributed by atoms with Crippen molar-refractivity contribution in [1.29, 1.82) is 0 Å². The Morgan fingerprint density at radius 1 is 1.00 bits per heavy atom. The Kier molecular flexibility index (Phi) is 5.25. The number of hydrogen-bond donors (Lipinski definition) is 2. The van der Waals surface area contributed by atoms with Crippen LogP contribution in [0, 0.1) is 0 Å². The summed E-state index contributed by atoms with van der Waals surface area (Å²) in [6.07, 6.45) is 0. The standard InChI is InChI=1S/C18H15BrN4O2/c1-25-15-4-2-3-14(11-15)20-16-9-10-17(23-22-16)21-18(24)12-5-7-13(19)8-6-12/h2-11H,1H3,(H,20,22)(H,21,23,24). The molecule has 6 nitrogen and oxygen atoms in total. The average molecular weight is 399 g/mol. The predicted molar refractivity (Wildman–Crippen MR) is 100 cm³/mol. The fraction of sp³-hybridized carbons (Fsp3) is 0.0556. The Hall–Kier alpha value is -2.93. The largest absolute Gasteiger partial charge is 0.497 e. The van der Waals surface area contributed by atoms with Gasteiger partial charge in [-0.05, 0) is 48.5 Å². The first-order valence-corrected chi connectivity index (χ1v) is 8.25. The molecule has 25 heavy (non-hydrogen) atoms. The highest BCUT2D eigenvalue weighted by molar-refractivity contribution is 9.10. The van der Waals surface area contributed by atoms with Crippen molar-refractivity contribution >= 4 is 39.2 Å². The summed E-state index contributed by atoms with van der Waals surface area (Å²) in [6.45, 7) is 0. The van der Waals surface area contributed by atoms with Gasteiger partial charge in [0.15, 0.2) is 11.6 Å². The molecule has 0 aliphatic rings. The first kappa shape index (κ1) is 16.9. The Morgan fingerprint density at radius 3 is 2.40 bits per heavy atom. The summed E-state index contributed by atoms with van der Waals surface area (Å²) in [5.41, 5.74) is 1.38. The fourth-order valence-electron chi connectivity index (χ4n) is 2.10. The third kappa shape index (κ3) is 4.54. The molecular weight excluding hydrogens is 384 g/mol. The minimum Gasteiger partial charge on any atom is -0.497 e. The number of nitrogens with zero attached hydrogens (tertiary/aromatic N) is 2. The quantitative estimate of drug-likeness (QED) is 0.671. The lowest BCUT2D eigenvalue weighted by Crippen LogP contribution is -2.13. The first-order chi connectivity index (χ1) is 12.1. The second-order valence-electron chi connectivity index (χ2n) is 5.12. The van der Waals surface area contributed by atoms with E-state index in [4.69, 9.17) is 4.74 Å². The van der Waals surface area contributed by atoms with Crippen molar-refractivity contribution < 1.29 is 9.53 Å². The zero-order valence-corrected chi connectivity index (χ0v) is 14.9. The number of carbonyl (C=O) groups excluding carboxylic acids is 1. The normalized spacial score (nSPS) is 10.2. The van der Waals surface area contributed by atoms with Crippen molar-refractivity contribution in [2.24, 2.45) is 0 Å². The molecule has 0 fully saturated rings. The van der Waals surface area contributed by atoms with Crippen LogP contribution in [-0.2, 0) is 0 Å². The van der Waals surface area contributed by atoms with Gasteiger partial charge in [0, 0.05) is 21.8 Å². The summed E-state index contributed by atoms with van der Waals surface area (Å²) < 4.78 is 6.09. The highest BCUT2D eigenvalue weighted by atomic mass is 79.9. The number of rotatable bonds is 5. The van der Waals surface area contributed by atoms with Crippen LogP contribution in [0.3, 0.4) is 0 Å². The molecule has 0 atom stereocenters. The molecule has 0 saturated heterocycles. The molecule has 126 valence electrons. The lowest BCUT2D eigenvalue weighted by atomic mass is 10.2. The van der Waals surface area contributed by atoms with Gasteiger partial charge in [-0.25, -0.2) is 0 Å². The molecule has 3 rings (SSSR count). The summed E-state index contributed by atoms with van der Waals surface area (Å²) in [7, 11) is 1.61. The zero-order valence-electron chi connectivity index (χ0n) is 13.4. The SMILES string of the molecule is COc1cccc(Nc2ccc(NC(=O)c3ccc(Br)cc3)nn2)c1. The molecule has 1 aromatic heterocycles. The van der Waals surface area contributed by atoms with E-state index in [9.17, 15) is 4.79 Å². The van der Waals surface area contributed by atoms with E-state index in [0.717, 1.165) is 15.9 Å². The average Bonchev–Trinajstić information content (AvgIpc) is 2.64. The summed E-state index contributed by atoms with van der Waals surface area (Å²) in [5.74, 6) is 1.45. The van der Waals surface area contributed by atoms with Crippen molar-refractivity contribution in [3.05, 3.63) is 70.7 Å². The second kappa shape index (κ2) is 7.76. The molecule has 0 radical (unpaired) electrons. The predicted octanol–water partition coefficient (Wildman–Crippen LogP) is 4.24. The van der Waals surface area contributed by atoms with E-state index < -0.39 is 0 Å². The van der Waals surface area contributed by atoms with Crippen LogP contribution < -0.4 is 15.4 Å². The van der Waals surface area contributed by atoms with Gasteiger partial charge in [-0.1, -0.05) is 22.0 Å². The summed E-state index contributed by atoms with van der Waals surface area (Å²) in [6, 6.07) is 18.0. The van der Waals surface area contributed by atoms with Crippen LogP contribution in [0.15, 0.2) is 65.1 Å². The van der Waals surface area contributed by atoms with Gasteiger partial charge in [0.05, 0.1) is 7.11 Å². The van der Waals surface area contributed by atoms with E-state index in [2.05, 4.69) is 36.8 Å². The topological polar surface area (TPSA) is 76.1 Å². The maximum absolute atomic E-state index is 12.1. The molecule has 0 aliphatic carbocycles. The van der Waals surface area contributed by atoms with Gasteiger partial charge >= 0.3 is 0 Å². The van der Waals surface area contributed by atoms with Crippen LogP contribution in [0.4, 0.5) is 17.3 Å². The molecule has 0 spiro atoms. The van der Waals surface area contributed by atoms with Crippen LogP contribution in [-0.4, -0.2) is 23.2 Å². The fourth-order valence-corrected chi connectivity index (χ4v) is 2.37. The van der Waals surface area contributed by atoms with Crippen molar-refractivity contribution in [2.45, 2.75) is 0 Å². The second-order valence-corrected chi connectivity index (χ2v) is 6.04. The van der Waals surface area contributed by atoms with Gasteiger partial charge in [0.1, 0.15) is 5.75 Å². The highest BCUT2D eigenvalue weighted by Gasteiger charge is 2.07. The van der Waals surface area contributed by atoms with Gasteiger partial charge in [-0.15, -0.1) is 10.2 Å². The van der Waals surface area contributed by atoms with Gasteiger partial charge < -0.3 is 15.4 Å². The Labute approximate surface area is 153 Å². The lowest BCUT2D eigenvalue weighted by Gasteiger charge is -2.08. The van der Waals surface area contributed by atoms with Gasteiger partial charge in [-0.3, -0.25) is 4.79 Å². The number of hydrogen-bond acceptors (Lipinski definition) is 5. The highest BCUT2D eigenvalue weighted by Crippen LogP contribution is 2.20. The van der Waals surface area contributed by atoms with E-state index in [0.29, 0.717) is 17.2 Å². The molecule has 0 unspecified atom stereocenters. The van der Waals surface area contributed by atoms with Crippen molar-refractivity contribution in [3.8, 4) is 5.75 Å². The van der Waals surface area contributed by atoms with Crippen molar-refractivity contribution in [2.75, 3.05) is 17.7 Å². The summed E-state index contributed by atoms with van der Waals surface area (Å²) >= 11 is 3.34. The van der Waals surface area contributed by atoms with E-state index in [1.807, 2.05) is 36.4 Å². The number of halogens is 1. The van der Waals surface area contributed by atoms with Crippen LogP contribution >= 0.6 is 15.9 Å². The molecular formula is C18H15BrN4O2. The zero-order chi connectivity index (χ0) is 17.6. The lowest BCUT2D eigenvalue weighted by molar-refractivity contribution is 0.102. The van der Waals surface area contributed by atoms with Gasteiger partial charge in [0.25, 0.3) is 5.91 Å². The van der Waals surface area contributed by atoms with E-state index >= 15 is 0 Å². The Morgan fingerprint density at radius 2 is 1.72 bits per heavy atom. The van der Waals surface area contributed by atoms with Crippen LogP contribution in [0.5, 0.6) is 5.75 Å². The maximum atomic E-state index is 12.1. The van der Waals surface area contributed by atoms with Gasteiger partial charge in [-0.2, -0.15) is 0 Å². The minimum absolute atomic E-state index is 0.240. The smallest absolute Gasteiger partial charge is 0.256 e. The third-order valence-corrected chi connectivity index (χ3v) is 3.88. The van der Waals surface area contributed by atoms with Crippen molar-refractivity contribution in [3.63, 3.8) is 0 Å². The molecule has 0 aliphatic heterocycles. The minimum atomic E-state index is -0.240. The van der Waals surface area contributed by atoms with E-state index in [-0.39, 0.29) is 5.91 Å². The van der Waals surface area contributed by atoms with E-state index in [1.54, 1.807) is 31.4 Å². The number of ether oxygens (including phenoxy) is 1. The molecule has 7 heteroatoms. The first-order valence-electron chi connectivity index (χ1n) is 7.46. The number of methoxy groups -OCH3 is 1. The number of nitrogens with one attached hydrogen (secondary N) is 2.